The highest BCUT2D eigenvalue weighted by Crippen LogP contribution is 2.20. The smallest absolute Gasteiger partial charge is 0.191 e. The molecule has 27 heavy (non-hydrogen) atoms. The van der Waals surface area contributed by atoms with Gasteiger partial charge in [-0.2, -0.15) is 0 Å². The highest BCUT2D eigenvalue weighted by molar-refractivity contribution is 14.0. The van der Waals surface area contributed by atoms with Crippen LogP contribution in [0.3, 0.4) is 0 Å². The number of rotatable bonds is 5. The molecule has 5 nitrogen and oxygen atoms in total. The van der Waals surface area contributed by atoms with E-state index in [2.05, 4.69) is 63.6 Å². The maximum atomic E-state index is 4.48. The maximum Gasteiger partial charge on any atom is 0.191 e. The molecule has 7 heteroatoms. The molecule has 1 atom stereocenters. The second kappa shape index (κ2) is 10.4. The summed E-state index contributed by atoms with van der Waals surface area (Å²) >= 11 is 1.74. The minimum atomic E-state index is 0. The van der Waals surface area contributed by atoms with Gasteiger partial charge in [-0.3, -0.25) is 9.89 Å². The van der Waals surface area contributed by atoms with Gasteiger partial charge >= 0.3 is 0 Å². The fourth-order valence-electron chi connectivity index (χ4n) is 3.39. The average Bonchev–Trinajstić information content (AvgIpc) is 2.98. The second-order valence-electron chi connectivity index (χ2n) is 6.89. The largest absolute Gasteiger partial charge is 0.355 e. The molecule has 0 saturated heterocycles. The van der Waals surface area contributed by atoms with Crippen LogP contribution in [0.5, 0.6) is 0 Å². The summed E-state index contributed by atoms with van der Waals surface area (Å²) in [6.45, 7) is 10.2. The molecule has 1 aromatic carbocycles. The van der Waals surface area contributed by atoms with Crippen molar-refractivity contribution < 1.29 is 0 Å². The SMILES string of the molecule is CN=C(NCc1sc(C)nc1C)NCC(C)N1CCc2ccccc2C1.I. The number of halogens is 1. The summed E-state index contributed by atoms with van der Waals surface area (Å²) in [4.78, 5) is 12.6. The molecule has 0 spiro atoms. The molecule has 0 saturated carbocycles. The van der Waals surface area contributed by atoms with Crippen LogP contribution in [0.1, 0.15) is 33.6 Å². The lowest BCUT2D eigenvalue weighted by atomic mass is 9.99. The molecule has 0 amide bonds. The van der Waals surface area contributed by atoms with Crippen LogP contribution in [0, 0.1) is 13.8 Å². The molecule has 0 bridgehead atoms. The molecule has 148 valence electrons. The molecule has 2 N–H and O–H groups in total. The molecule has 3 rings (SSSR count). The summed E-state index contributed by atoms with van der Waals surface area (Å²) < 4.78 is 0. The van der Waals surface area contributed by atoms with Crippen molar-refractivity contribution in [2.45, 2.75) is 46.3 Å². The van der Waals surface area contributed by atoms with Crippen LogP contribution < -0.4 is 10.6 Å². The summed E-state index contributed by atoms with van der Waals surface area (Å²) in [6, 6.07) is 9.24. The number of hydrogen-bond acceptors (Lipinski definition) is 4. The van der Waals surface area contributed by atoms with Gasteiger partial charge in [-0.05, 0) is 38.3 Å². The first kappa shape index (κ1) is 22.1. The molecule has 1 unspecified atom stereocenters. The third-order valence-corrected chi connectivity index (χ3v) is 6.06. The van der Waals surface area contributed by atoms with Crippen molar-refractivity contribution in [3.63, 3.8) is 0 Å². The third kappa shape index (κ3) is 5.89. The summed E-state index contributed by atoms with van der Waals surface area (Å²) in [5.74, 6) is 0.847. The fraction of sp³-hybridized carbons (Fsp3) is 0.500. The highest BCUT2D eigenvalue weighted by atomic mass is 127. The Morgan fingerprint density at radius 2 is 2.00 bits per heavy atom. The number of hydrogen-bond donors (Lipinski definition) is 2. The molecule has 0 radical (unpaired) electrons. The van der Waals surface area contributed by atoms with E-state index in [1.165, 1.54) is 16.0 Å². The summed E-state index contributed by atoms with van der Waals surface area (Å²) in [7, 11) is 1.82. The van der Waals surface area contributed by atoms with Gasteiger partial charge in [0.25, 0.3) is 0 Å². The first-order valence-electron chi connectivity index (χ1n) is 9.25. The highest BCUT2D eigenvalue weighted by Gasteiger charge is 2.20. The monoisotopic (exact) mass is 499 g/mol. The van der Waals surface area contributed by atoms with Gasteiger partial charge < -0.3 is 10.6 Å². The molecular formula is C20H30IN5S. The van der Waals surface area contributed by atoms with Gasteiger partial charge in [0.05, 0.1) is 17.2 Å². The van der Waals surface area contributed by atoms with Crippen LogP contribution in [-0.4, -0.2) is 42.0 Å². The minimum absolute atomic E-state index is 0. The summed E-state index contributed by atoms with van der Waals surface area (Å²) in [6.07, 6.45) is 1.14. The number of aryl methyl sites for hydroxylation is 2. The number of aliphatic imine (C=N–C) groups is 1. The Bertz CT molecular complexity index is 773. The lowest BCUT2D eigenvalue weighted by Gasteiger charge is -2.34. The molecular weight excluding hydrogens is 469 g/mol. The summed E-state index contributed by atoms with van der Waals surface area (Å²) in [5, 5.41) is 7.99. The molecule has 2 heterocycles. The van der Waals surface area contributed by atoms with Crippen molar-refractivity contribution in [3.05, 3.63) is 51.0 Å². The minimum Gasteiger partial charge on any atom is -0.355 e. The van der Waals surface area contributed by atoms with Crippen molar-refractivity contribution >= 4 is 41.3 Å². The van der Waals surface area contributed by atoms with Crippen molar-refractivity contribution in [2.75, 3.05) is 20.1 Å². The Morgan fingerprint density at radius 1 is 1.26 bits per heavy atom. The van der Waals surface area contributed by atoms with Crippen molar-refractivity contribution in [2.24, 2.45) is 4.99 Å². The van der Waals surface area contributed by atoms with E-state index in [0.29, 0.717) is 6.04 Å². The predicted molar refractivity (Wildman–Crippen MR) is 125 cm³/mol. The summed E-state index contributed by atoms with van der Waals surface area (Å²) in [5.41, 5.74) is 4.07. The van der Waals surface area contributed by atoms with Crippen LogP contribution in [-0.2, 0) is 19.5 Å². The van der Waals surface area contributed by atoms with E-state index < -0.39 is 0 Å². The predicted octanol–water partition coefficient (Wildman–Crippen LogP) is 3.49. The number of guanidine groups is 1. The van der Waals surface area contributed by atoms with Gasteiger partial charge in [-0.15, -0.1) is 35.3 Å². The topological polar surface area (TPSA) is 52.6 Å². The zero-order valence-electron chi connectivity index (χ0n) is 16.6. The second-order valence-corrected chi connectivity index (χ2v) is 8.17. The number of aromatic nitrogens is 1. The van der Waals surface area contributed by atoms with E-state index >= 15 is 0 Å². The van der Waals surface area contributed by atoms with Gasteiger partial charge in [-0.25, -0.2) is 4.98 Å². The van der Waals surface area contributed by atoms with E-state index in [1.807, 2.05) is 14.0 Å². The van der Waals surface area contributed by atoms with E-state index in [4.69, 9.17) is 0 Å². The number of benzene rings is 1. The van der Waals surface area contributed by atoms with E-state index in [0.717, 1.165) is 49.3 Å². The molecule has 0 aliphatic carbocycles. The van der Waals surface area contributed by atoms with Gasteiger partial charge in [0.2, 0.25) is 0 Å². The first-order valence-corrected chi connectivity index (χ1v) is 10.1. The lowest BCUT2D eigenvalue weighted by Crippen LogP contribution is -2.47. The number of nitrogens with one attached hydrogen (secondary N) is 2. The number of fused-ring (bicyclic) bond motifs is 1. The van der Waals surface area contributed by atoms with E-state index in [9.17, 15) is 0 Å². The Hall–Kier alpha value is -1.19. The van der Waals surface area contributed by atoms with Gasteiger partial charge in [-0.1, -0.05) is 24.3 Å². The Morgan fingerprint density at radius 3 is 2.67 bits per heavy atom. The Balaban J connectivity index is 0.00000261. The Kier molecular flexibility index (Phi) is 8.50. The van der Waals surface area contributed by atoms with Crippen LogP contribution in [0.25, 0.3) is 0 Å². The average molecular weight is 499 g/mol. The van der Waals surface area contributed by atoms with Gasteiger partial charge in [0.1, 0.15) is 0 Å². The zero-order chi connectivity index (χ0) is 18.5. The molecule has 1 aliphatic rings. The Labute approximate surface area is 183 Å². The first-order chi connectivity index (χ1) is 12.6. The molecule has 1 aliphatic heterocycles. The zero-order valence-corrected chi connectivity index (χ0v) is 19.7. The van der Waals surface area contributed by atoms with Crippen molar-refractivity contribution in [1.29, 1.82) is 0 Å². The number of thiazole rings is 1. The van der Waals surface area contributed by atoms with Crippen molar-refractivity contribution in [3.8, 4) is 0 Å². The molecule has 0 fully saturated rings. The van der Waals surface area contributed by atoms with Crippen LogP contribution in [0.15, 0.2) is 29.3 Å². The standard InChI is InChI=1S/C20H29N5S.HI/c1-14(25-10-9-17-7-5-6-8-18(17)13-25)11-22-20(21-4)23-12-19-15(2)24-16(3)26-19;/h5-8,14H,9-13H2,1-4H3,(H2,21,22,23);1H. The maximum absolute atomic E-state index is 4.48. The van der Waals surface area contributed by atoms with Gasteiger partial charge in [0, 0.05) is 37.6 Å². The number of nitrogens with zero attached hydrogens (tertiary/aromatic N) is 3. The van der Waals surface area contributed by atoms with Crippen LogP contribution in [0.2, 0.25) is 0 Å². The lowest BCUT2D eigenvalue weighted by molar-refractivity contribution is 0.191. The van der Waals surface area contributed by atoms with Crippen LogP contribution in [0.4, 0.5) is 0 Å². The molecule has 2 aromatic rings. The van der Waals surface area contributed by atoms with Gasteiger partial charge in [0.15, 0.2) is 5.96 Å². The quantitative estimate of drug-likeness (QED) is 0.376. The van der Waals surface area contributed by atoms with E-state index in [1.54, 1.807) is 11.3 Å². The fourth-order valence-corrected chi connectivity index (χ4v) is 4.27. The van der Waals surface area contributed by atoms with Crippen LogP contribution >= 0.6 is 35.3 Å². The normalized spacial score (nSPS) is 15.6. The molecule has 1 aromatic heterocycles. The third-order valence-electron chi connectivity index (χ3n) is 4.99. The van der Waals surface area contributed by atoms with E-state index in [-0.39, 0.29) is 24.0 Å². The van der Waals surface area contributed by atoms with Crippen molar-refractivity contribution in [1.82, 2.24) is 20.5 Å².